The normalized spacial score (nSPS) is 11.0. The first kappa shape index (κ1) is 26.4. The molecule has 0 aliphatic carbocycles. The maximum absolute atomic E-state index is 5.53. The average Bonchev–Trinajstić information content (AvgIpc) is 2.91. The van der Waals surface area contributed by atoms with E-state index in [0.717, 1.165) is 22.3 Å². The van der Waals surface area contributed by atoms with Crippen LogP contribution in [0.3, 0.4) is 0 Å². The third kappa shape index (κ3) is 7.94. The van der Waals surface area contributed by atoms with Crippen molar-refractivity contribution in [2.24, 2.45) is 10.3 Å². The minimum absolute atomic E-state index is 0.327. The molecular formula is C28H32N2O6. The lowest BCUT2D eigenvalue weighted by Crippen LogP contribution is -1.96. The van der Waals surface area contributed by atoms with Gasteiger partial charge in [-0.25, -0.2) is 0 Å². The Balaban J connectivity index is 1.49. The van der Waals surface area contributed by atoms with Gasteiger partial charge in [0.25, 0.3) is 0 Å². The standard InChI is InChI=1S/C28H32N2O6/c1-5-33-25-12-10-21(15-27(25)31-3)17-29-35-19-23-8-7-9-24(14-23)20-36-30-18-22-11-13-26(34-6-2)28(16-22)32-4/h7-18H,5-6,19-20H2,1-4H3. The molecule has 0 heterocycles. The Hall–Kier alpha value is -4.20. The van der Waals surface area contributed by atoms with E-state index < -0.39 is 0 Å². The van der Waals surface area contributed by atoms with Crippen LogP contribution in [0.25, 0.3) is 0 Å². The van der Waals surface area contributed by atoms with E-state index in [4.69, 9.17) is 28.6 Å². The molecule has 0 radical (unpaired) electrons. The lowest BCUT2D eigenvalue weighted by atomic mass is 10.1. The molecule has 0 aliphatic heterocycles. The number of oxime groups is 2. The van der Waals surface area contributed by atoms with Crippen LogP contribution in [0.15, 0.2) is 71.0 Å². The molecule has 0 saturated carbocycles. The van der Waals surface area contributed by atoms with E-state index in [1.54, 1.807) is 26.6 Å². The first-order chi connectivity index (χ1) is 17.7. The summed E-state index contributed by atoms with van der Waals surface area (Å²) in [6, 6.07) is 19.0. The molecule has 0 aliphatic rings. The van der Waals surface area contributed by atoms with Gasteiger partial charge in [0.05, 0.1) is 39.9 Å². The molecule has 0 amide bonds. The molecule has 0 bridgehead atoms. The van der Waals surface area contributed by atoms with Crippen LogP contribution in [0.1, 0.15) is 36.1 Å². The first-order valence-corrected chi connectivity index (χ1v) is 11.7. The average molecular weight is 493 g/mol. The van der Waals surface area contributed by atoms with Gasteiger partial charge in [-0.3, -0.25) is 0 Å². The second kappa shape index (κ2) is 14.3. The number of methoxy groups -OCH3 is 2. The van der Waals surface area contributed by atoms with Crippen LogP contribution in [0.5, 0.6) is 23.0 Å². The predicted molar refractivity (Wildman–Crippen MR) is 140 cm³/mol. The smallest absolute Gasteiger partial charge is 0.161 e. The summed E-state index contributed by atoms with van der Waals surface area (Å²) < 4.78 is 21.8. The highest BCUT2D eigenvalue weighted by Crippen LogP contribution is 2.28. The number of ether oxygens (including phenoxy) is 4. The second-order valence-corrected chi connectivity index (χ2v) is 7.52. The summed E-state index contributed by atoms with van der Waals surface area (Å²) in [4.78, 5) is 10.9. The van der Waals surface area contributed by atoms with Gasteiger partial charge in [-0.05, 0) is 67.4 Å². The zero-order valence-corrected chi connectivity index (χ0v) is 21.1. The van der Waals surface area contributed by atoms with Crippen molar-refractivity contribution in [3.63, 3.8) is 0 Å². The quantitative estimate of drug-likeness (QED) is 0.215. The zero-order valence-electron chi connectivity index (χ0n) is 21.1. The van der Waals surface area contributed by atoms with E-state index in [2.05, 4.69) is 10.3 Å². The Labute approximate surface area is 212 Å². The Kier molecular flexibility index (Phi) is 10.5. The number of rotatable bonds is 14. The van der Waals surface area contributed by atoms with Gasteiger partial charge in [0.1, 0.15) is 13.2 Å². The van der Waals surface area contributed by atoms with Gasteiger partial charge in [-0.2, -0.15) is 0 Å². The maximum Gasteiger partial charge on any atom is 0.161 e. The molecule has 0 fully saturated rings. The van der Waals surface area contributed by atoms with Gasteiger partial charge in [0.2, 0.25) is 0 Å². The minimum Gasteiger partial charge on any atom is -0.493 e. The molecule has 190 valence electrons. The van der Waals surface area contributed by atoms with Crippen LogP contribution in [0.2, 0.25) is 0 Å². The predicted octanol–water partition coefficient (Wildman–Crippen LogP) is 5.60. The Morgan fingerprint density at radius 1 is 0.611 bits per heavy atom. The fourth-order valence-corrected chi connectivity index (χ4v) is 3.31. The molecule has 3 aromatic rings. The SMILES string of the molecule is CCOc1ccc(C=NOCc2cccc(CON=Cc3ccc(OCC)c(OC)c3)c2)cc1OC. The molecular weight excluding hydrogens is 460 g/mol. The summed E-state index contributed by atoms with van der Waals surface area (Å²) in [5.74, 6) is 2.69. The number of hydrogen-bond donors (Lipinski definition) is 0. The van der Waals surface area contributed by atoms with Gasteiger partial charge >= 0.3 is 0 Å². The highest BCUT2D eigenvalue weighted by Gasteiger charge is 2.05. The van der Waals surface area contributed by atoms with Crippen LogP contribution in [-0.2, 0) is 22.9 Å². The molecule has 0 aromatic heterocycles. The van der Waals surface area contributed by atoms with Crippen molar-refractivity contribution in [2.75, 3.05) is 27.4 Å². The lowest BCUT2D eigenvalue weighted by Gasteiger charge is -2.09. The first-order valence-electron chi connectivity index (χ1n) is 11.7. The molecule has 3 rings (SSSR count). The van der Waals surface area contributed by atoms with Crippen LogP contribution in [0.4, 0.5) is 0 Å². The molecule has 0 atom stereocenters. The van der Waals surface area contributed by atoms with Crippen molar-refractivity contribution in [1.82, 2.24) is 0 Å². The maximum atomic E-state index is 5.53. The fourth-order valence-electron chi connectivity index (χ4n) is 3.31. The molecule has 0 spiro atoms. The molecule has 0 saturated heterocycles. The molecule has 36 heavy (non-hydrogen) atoms. The molecule has 0 unspecified atom stereocenters. The molecule has 8 nitrogen and oxygen atoms in total. The van der Waals surface area contributed by atoms with Crippen LogP contribution in [-0.4, -0.2) is 39.9 Å². The fraction of sp³-hybridized carbons (Fsp3) is 0.286. The monoisotopic (exact) mass is 492 g/mol. The van der Waals surface area contributed by atoms with Crippen LogP contribution < -0.4 is 18.9 Å². The number of benzene rings is 3. The summed E-state index contributed by atoms with van der Waals surface area (Å²) >= 11 is 0. The van der Waals surface area contributed by atoms with Crippen molar-refractivity contribution in [3.05, 3.63) is 82.9 Å². The van der Waals surface area contributed by atoms with E-state index in [1.807, 2.05) is 74.5 Å². The second-order valence-electron chi connectivity index (χ2n) is 7.52. The van der Waals surface area contributed by atoms with E-state index in [-0.39, 0.29) is 0 Å². The molecule has 0 N–H and O–H groups in total. The number of hydrogen-bond acceptors (Lipinski definition) is 8. The van der Waals surface area contributed by atoms with Crippen molar-refractivity contribution >= 4 is 12.4 Å². The lowest BCUT2D eigenvalue weighted by molar-refractivity contribution is 0.128. The van der Waals surface area contributed by atoms with E-state index in [0.29, 0.717) is 49.4 Å². The summed E-state index contributed by atoms with van der Waals surface area (Å²) in [6.07, 6.45) is 3.27. The van der Waals surface area contributed by atoms with E-state index in [9.17, 15) is 0 Å². The summed E-state index contributed by atoms with van der Waals surface area (Å²) in [7, 11) is 3.21. The third-order valence-electron chi connectivity index (χ3n) is 4.98. The van der Waals surface area contributed by atoms with Crippen LogP contribution >= 0.6 is 0 Å². The number of nitrogens with zero attached hydrogens (tertiary/aromatic N) is 2. The van der Waals surface area contributed by atoms with Gasteiger partial charge in [-0.1, -0.05) is 28.5 Å². The minimum atomic E-state index is 0.327. The summed E-state index contributed by atoms with van der Waals surface area (Å²) in [5.41, 5.74) is 3.64. The summed E-state index contributed by atoms with van der Waals surface area (Å²) in [5, 5.41) is 8.13. The van der Waals surface area contributed by atoms with Crippen molar-refractivity contribution in [1.29, 1.82) is 0 Å². The van der Waals surface area contributed by atoms with Crippen molar-refractivity contribution < 1.29 is 28.6 Å². The zero-order chi connectivity index (χ0) is 25.6. The summed E-state index contributed by atoms with van der Waals surface area (Å²) in [6.45, 7) is 5.65. The molecule has 8 heteroatoms. The highest BCUT2D eigenvalue weighted by atomic mass is 16.6. The van der Waals surface area contributed by atoms with Crippen molar-refractivity contribution in [3.8, 4) is 23.0 Å². The van der Waals surface area contributed by atoms with Gasteiger partial charge in [-0.15, -0.1) is 0 Å². The van der Waals surface area contributed by atoms with Gasteiger partial charge < -0.3 is 28.6 Å². The Bertz CT molecular complexity index is 1080. The van der Waals surface area contributed by atoms with E-state index in [1.165, 1.54) is 0 Å². The van der Waals surface area contributed by atoms with Gasteiger partial charge in [0.15, 0.2) is 23.0 Å². The highest BCUT2D eigenvalue weighted by molar-refractivity contribution is 5.81. The topological polar surface area (TPSA) is 80.1 Å². The largest absolute Gasteiger partial charge is 0.493 e. The Morgan fingerprint density at radius 3 is 1.50 bits per heavy atom. The van der Waals surface area contributed by atoms with Crippen molar-refractivity contribution in [2.45, 2.75) is 27.1 Å². The van der Waals surface area contributed by atoms with E-state index >= 15 is 0 Å². The Morgan fingerprint density at radius 2 is 1.08 bits per heavy atom. The van der Waals surface area contributed by atoms with Gasteiger partial charge in [0, 0.05) is 11.1 Å². The van der Waals surface area contributed by atoms with Crippen LogP contribution in [0, 0.1) is 0 Å². The third-order valence-corrected chi connectivity index (χ3v) is 4.98. The molecule has 3 aromatic carbocycles.